The van der Waals surface area contributed by atoms with Gasteiger partial charge in [0, 0.05) is 22.0 Å². The first-order valence-corrected chi connectivity index (χ1v) is 11.5. The summed E-state index contributed by atoms with van der Waals surface area (Å²) in [4.78, 5) is 32.6. The molecule has 3 heterocycles. The molecular formula is C27H24F2N4O4. The van der Waals surface area contributed by atoms with Gasteiger partial charge in [-0.05, 0) is 62.4 Å². The molecule has 2 aromatic carbocycles. The molecule has 5 N–H and O–H groups in total. The molecule has 2 aromatic heterocycles. The minimum absolute atomic E-state index is 0.0210. The van der Waals surface area contributed by atoms with E-state index in [4.69, 9.17) is 10.5 Å². The lowest BCUT2D eigenvalue weighted by molar-refractivity contribution is -0.123. The van der Waals surface area contributed by atoms with Gasteiger partial charge in [-0.2, -0.15) is 0 Å². The molecule has 2 atom stereocenters. The number of hydrogen-bond acceptors (Lipinski definition) is 5. The second-order valence-corrected chi connectivity index (χ2v) is 9.57. The van der Waals surface area contributed by atoms with Crippen LogP contribution in [-0.4, -0.2) is 40.0 Å². The summed E-state index contributed by atoms with van der Waals surface area (Å²) in [6, 6.07) is 12.9. The summed E-state index contributed by atoms with van der Waals surface area (Å²) >= 11 is 0. The SMILES string of the molecule is C[C@](O)(CNC(=O)c1cc2c(F)cccc2[nH]1)c1cc2c(c(-c3ccc(F)cc3)n1)OC[C@]2(C)C(N)=O. The van der Waals surface area contributed by atoms with Crippen molar-refractivity contribution in [1.82, 2.24) is 15.3 Å². The summed E-state index contributed by atoms with van der Waals surface area (Å²) in [5, 5.41) is 14.3. The number of aliphatic hydroxyl groups is 1. The lowest BCUT2D eigenvalue weighted by atomic mass is 9.82. The van der Waals surface area contributed by atoms with Crippen molar-refractivity contribution in [2.75, 3.05) is 13.2 Å². The van der Waals surface area contributed by atoms with Crippen molar-refractivity contribution < 1.29 is 28.2 Å². The van der Waals surface area contributed by atoms with E-state index >= 15 is 0 Å². The topological polar surface area (TPSA) is 130 Å². The number of halogens is 2. The second kappa shape index (κ2) is 8.67. The van der Waals surface area contributed by atoms with Crippen molar-refractivity contribution in [3.05, 3.63) is 83.2 Å². The number of fused-ring (bicyclic) bond motifs is 2. The van der Waals surface area contributed by atoms with E-state index in [2.05, 4.69) is 15.3 Å². The Balaban J connectivity index is 1.49. The highest BCUT2D eigenvalue weighted by Gasteiger charge is 2.45. The van der Waals surface area contributed by atoms with Crippen LogP contribution >= 0.6 is 0 Å². The summed E-state index contributed by atoms with van der Waals surface area (Å²) in [5.74, 6) is -1.76. The van der Waals surface area contributed by atoms with Crippen LogP contribution in [0, 0.1) is 11.6 Å². The fourth-order valence-corrected chi connectivity index (χ4v) is 4.35. The Hall–Kier alpha value is -4.31. The Labute approximate surface area is 210 Å². The van der Waals surface area contributed by atoms with Gasteiger partial charge in [-0.1, -0.05) is 6.07 Å². The highest BCUT2D eigenvalue weighted by Crippen LogP contribution is 2.45. The lowest BCUT2D eigenvalue weighted by Gasteiger charge is -2.26. The standard InChI is InChI=1S/C27H24F2N4O4/c1-26(25(30)35)13-37-23-17(26)11-21(33-22(23)14-6-8-15(28)9-7-14)27(2,36)12-31-24(34)20-10-16-18(29)4-3-5-19(16)32-20/h3-11,32,36H,12-13H2,1-2H3,(H2,30,35)(H,31,34)/t26-,27-/m0/s1. The third-order valence-corrected chi connectivity index (χ3v) is 6.73. The van der Waals surface area contributed by atoms with Gasteiger partial charge in [0.1, 0.15) is 46.4 Å². The van der Waals surface area contributed by atoms with Crippen LogP contribution in [0.1, 0.15) is 35.6 Å². The lowest BCUT2D eigenvalue weighted by Crippen LogP contribution is -2.41. The van der Waals surface area contributed by atoms with Crippen molar-refractivity contribution >= 4 is 22.7 Å². The summed E-state index contributed by atoms with van der Waals surface area (Å²) in [7, 11) is 0. The Morgan fingerprint density at radius 1 is 1.22 bits per heavy atom. The Morgan fingerprint density at radius 3 is 2.62 bits per heavy atom. The van der Waals surface area contributed by atoms with Crippen LogP contribution in [0.25, 0.3) is 22.2 Å². The first-order valence-electron chi connectivity index (χ1n) is 11.5. The molecule has 0 saturated carbocycles. The van der Waals surface area contributed by atoms with Crippen LogP contribution in [0.5, 0.6) is 5.75 Å². The molecule has 2 amide bonds. The van der Waals surface area contributed by atoms with Gasteiger partial charge in [0.25, 0.3) is 5.91 Å². The zero-order valence-electron chi connectivity index (χ0n) is 20.1. The van der Waals surface area contributed by atoms with Gasteiger partial charge in [-0.3, -0.25) is 9.59 Å². The Morgan fingerprint density at radius 2 is 1.95 bits per heavy atom. The highest BCUT2D eigenvalue weighted by atomic mass is 19.1. The average Bonchev–Trinajstić information content (AvgIpc) is 3.46. The Kier molecular flexibility index (Phi) is 5.71. The van der Waals surface area contributed by atoms with E-state index in [1.807, 2.05) is 0 Å². The summed E-state index contributed by atoms with van der Waals surface area (Å²) in [6.07, 6.45) is 0. The number of carbonyl (C=O) groups is 2. The van der Waals surface area contributed by atoms with Crippen LogP contribution in [0.2, 0.25) is 0 Å². The van der Waals surface area contributed by atoms with Crippen LogP contribution in [-0.2, 0) is 15.8 Å². The van der Waals surface area contributed by atoms with E-state index in [0.29, 0.717) is 28.1 Å². The molecule has 5 rings (SSSR count). The predicted molar refractivity (Wildman–Crippen MR) is 132 cm³/mol. The van der Waals surface area contributed by atoms with E-state index in [1.165, 1.54) is 55.5 Å². The van der Waals surface area contributed by atoms with Crippen molar-refractivity contribution in [2.24, 2.45) is 5.73 Å². The maximum Gasteiger partial charge on any atom is 0.267 e. The van der Waals surface area contributed by atoms with E-state index < -0.39 is 34.5 Å². The normalized spacial score (nSPS) is 18.2. The minimum atomic E-state index is -1.70. The van der Waals surface area contributed by atoms with Crippen molar-refractivity contribution in [2.45, 2.75) is 24.9 Å². The van der Waals surface area contributed by atoms with Gasteiger partial charge in [-0.15, -0.1) is 0 Å². The largest absolute Gasteiger partial charge is 0.489 e. The van der Waals surface area contributed by atoms with E-state index in [9.17, 15) is 23.5 Å². The third-order valence-electron chi connectivity index (χ3n) is 6.73. The number of nitrogens with zero attached hydrogens (tertiary/aromatic N) is 1. The first-order chi connectivity index (χ1) is 17.5. The molecule has 1 aliphatic heterocycles. The fraction of sp³-hybridized carbons (Fsp3) is 0.222. The number of nitrogens with one attached hydrogen (secondary N) is 2. The maximum absolute atomic E-state index is 14.0. The van der Waals surface area contributed by atoms with Crippen LogP contribution in [0.4, 0.5) is 8.78 Å². The monoisotopic (exact) mass is 506 g/mol. The van der Waals surface area contributed by atoms with Gasteiger partial charge in [0.15, 0.2) is 0 Å². The number of pyridine rings is 1. The van der Waals surface area contributed by atoms with Crippen LogP contribution in [0.3, 0.4) is 0 Å². The number of ether oxygens (including phenoxy) is 1. The van der Waals surface area contributed by atoms with Crippen molar-refractivity contribution in [3.8, 4) is 17.0 Å². The van der Waals surface area contributed by atoms with E-state index in [-0.39, 0.29) is 29.9 Å². The molecule has 1 aliphatic rings. The molecule has 0 aliphatic carbocycles. The highest BCUT2D eigenvalue weighted by molar-refractivity contribution is 5.98. The van der Waals surface area contributed by atoms with Crippen molar-refractivity contribution in [1.29, 1.82) is 0 Å². The van der Waals surface area contributed by atoms with Gasteiger partial charge in [-0.25, -0.2) is 13.8 Å². The van der Waals surface area contributed by atoms with Gasteiger partial charge in [0.05, 0.1) is 12.2 Å². The first kappa shape index (κ1) is 24.4. The molecule has 10 heteroatoms. The molecule has 190 valence electrons. The molecule has 0 unspecified atom stereocenters. The molecule has 0 spiro atoms. The molecule has 0 fully saturated rings. The van der Waals surface area contributed by atoms with Crippen LogP contribution in [0.15, 0.2) is 54.6 Å². The number of aromatic amines is 1. The number of amides is 2. The summed E-state index contributed by atoms with van der Waals surface area (Å²) in [5.41, 5.74) is 4.78. The van der Waals surface area contributed by atoms with Gasteiger partial charge in [0.2, 0.25) is 5.91 Å². The minimum Gasteiger partial charge on any atom is -0.489 e. The van der Waals surface area contributed by atoms with Crippen molar-refractivity contribution in [3.63, 3.8) is 0 Å². The number of carbonyl (C=O) groups excluding carboxylic acids is 2. The van der Waals surface area contributed by atoms with E-state index in [1.54, 1.807) is 13.0 Å². The van der Waals surface area contributed by atoms with Gasteiger partial charge >= 0.3 is 0 Å². The summed E-state index contributed by atoms with van der Waals surface area (Å²) in [6.45, 7) is 2.81. The zero-order chi connectivity index (χ0) is 26.5. The summed E-state index contributed by atoms with van der Waals surface area (Å²) < 4.78 is 33.4. The molecule has 4 aromatic rings. The smallest absolute Gasteiger partial charge is 0.267 e. The number of aromatic nitrogens is 2. The fourth-order valence-electron chi connectivity index (χ4n) is 4.35. The molecular weight excluding hydrogens is 482 g/mol. The number of nitrogens with two attached hydrogens (primary N) is 1. The van der Waals surface area contributed by atoms with Gasteiger partial charge < -0.3 is 25.9 Å². The van der Waals surface area contributed by atoms with Crippen LogP contribution < -0.4 is 15.8 Å². The quantitative estimate of drug-likeness (QED) is 0.319. The Bertz CT molecular complexity index is 1550. The molecule has 37 heavy (non-hydrogen) atoms. The third kappa shape index (κ3) is 4.19. The second-order valence-electron chi connectivity index (χ2n) is 9.57. The molecule has 0 radical (unpaired) electrons. The number of benzene rings is 2. The molecule has 8 nitrogen and oxygen atoms in total. The molecule has 0 bridgehead atoms. The predicted octanol–water partition coefficient (Wildman–Crippen LogP) is 3.28. The number of H-pyrrole nitrogens is 1. The number of primary amides is 1. The average molecular weight is 507 g/mol. The van der Waals surface area contributed by atoms with E-state index in [0.717, 1.165) is 0 Å². The zero-order valence-corrected chi connectivity index (χ0v) is 20.1. The number of hydrogen-bond donors (Lipinski definition) is 4. The number of rotatable bonds is 6. The maximum atomic E-state index is 14.0. The molecule has 0 saturated heterocycles.